The molecule has 0 aliphatic rings. The van der Waals surface area contributed by atoms with Crippen molar-refractivity contribution in [3.63, 3.8) is 0 Å². The van der Waals surface area contributed by atoms with E-state index in [0.717, 1.165) is 0 Å². The molecule has 0 aromatic carbocycles. The third kappa shape index (κ3) is 927. The van der Waals surface area contributed by atoms with E-state index >= 15 is 0 Å². The molecule has 0 fully saturated rings. The van der Waals surface area contributed by atoms with E-state index in [1.807, 2.05) is 0 Å². The minimum atomic E-state index is -2.08. The normalized spacial score (nSPS) is 4.00. The van der Waals surface area contributed by atoms with Crippen molar-refractivity contribution in [2.75, 3.05) is 0 Å². The zero-order valence-electron chi connectivity index (χ0n) is 3.17. The van der Waals surface area contributed by atoms with Crippen molar-refractivity contribution in [1.29, 1.82) is 0 Å². The van der Waals surface area contributed by atoms with Gasteiger partial charge in [-0.2, -0.15) is 0 Å². The maximum Gasteiger partial charge on any atom is 0.249 e. The predicted octanol–water partition coefficient (Wildman–Crippen LogP) is -0.736. The quantitative estimate of drug-likeness (QED) is 0.615. The van der Waals surface area contributed by atoms with Crippen molar-refractivity contribution < 1.29 is 44.2 Å². The maximum absolute atomic E-state index is 8.44. The monoisotopic (exact) mass is 317 g/mol. The second kappa shape index (κ2) is 8.96. The van der Waals surface area contributed by atoms with Gasteiger partial charge in [-0.15, -0.1) is 0 Å². The van der Waals surface area contributed by atoms with Crippen LogP contribution < -0.4 is 11.3 Å². The van der Waals surface area contributed by atoms with Gasteiger partial charge in [-0.3, -0.25) is 0 Å². The molecule has 0 spiro atoms. The molecule has 0 radical (unpaired) electrons. The minimum absolute atomic E-state index is 0. The van der Waals surface area contributed by atoms with Crippen LogP contribution in [0, 0.1) is 29.2 Å². The van der Waals surface area contributed by atoms with E-state index in [2.05, 4.69) is 0 Å². The van der Waals surface area contributed by atoms with E-state index in [9.17, 15) is 0 Å². The summed E-state index contributed by atoms with van der Waals surface area (Å²) in [5.41, 5.74) is 0. The molecule has 0 saturated heterocycles. The van der Waals surface area contributed by atoms with Gasteiger partial charge in [-0.05, 0) is 0 Å². The zero-order valence-corrected chi connectivity index (χ0v) is 6.57. The van der Waals surface area contributed by atoms with Gasteiger partial charge in [-0.1, -0.05) is 0 Å². The van der Waals surface area contributed by atoms with E-state index in [-0.39, 0.29) is 35.3 Å². The maximum atomic E-state index is 8.44. The SMILES string of the molecule is O=C([O-])O.[NH4+].[Pu]. The third-order valence-electron chi connectivity index (χ3n) is 0. The summed E-state index contributed by atoms with van der Waals surface area (Å²) in [5.74, 6) is 0. The van der Waals surface area contributed by atoms with Crippen molar-refractivity contribution >= 4 is 6.16 Å². The summed E-state index contributed by atoms with van der Waals surface area (Å²) in [4.78, 5) is 8.44. The largest absolute Gasteiger partial charge is 0.565 e. The Labute approximate surface area is 56.7 Å². The molecule has 0 atom stereocenters. The van der Waals surface area contributed by atoms with Gasteiger partial charge >= 0.3 is 0 Å². The molecule has 0 unspecified atom stereocenters. The molecule has 5 N–H and O–H groups in total. The van der Waals surface area contributed by atoms with E-state index in [0.29, 0.717) is 0 Å². The molecule has 0 aliphatic heterocycles. The number of carboxylic acid groups (broad SMARTS) is 2. The van der Waals surface area contributed by atoms with Crippen LogP contribution >= 0.6 is 0 Å². The van der Waals surface area contributed by atoms with Crippen molar-refractivity contribution in [3.05, 3.63) is 0 Å². The van der Waals surface area contributed by atoms with Crippen LogP contribution in [0.25, 0.3) is 0 Å². The molecule has 0 aromatic rings. The molecule has 4 nitrogen and oxygen atoms in total. The Bertz CT molecular complexity index is 33.8. The molecule has 0 amide bonds. The Hall–Kier alpha value is 0.217. The van der Waals surface area contributed by atoms with Crippen LogP contribution in [0.15, 0.2) is 0 Å². The standard InChI is InChI=1S/CH2O3.H3N.Pu/c2-1(3)4;;/h(H2,2,3,4);1H3;. The van der Waals surface area contributed by atoms with E-state index in [1.54, 1.807) is 0 Å². The van der Waals surface area contributed by atoms with Crippen molar-refractivity contribution in [2.45, 2.75) is 0 Å². The molecule has 5 heteroatoms. The van der Waals surface area contributed by atoms with Gasteiger partial charge < -0.3 is 21.2 Å². The number of carbonyl (C=O) groups is 1. The second-order valence-corrected chi connectivity index (χ2v) is 0.266. The molecular weight excluding hydrogens is 318 g/mol. The third-order valence-corrected chi connectivity index (χ3v) is 0. The molecule has 0 heterocycles. The summed E-state index contributed by atoms with van der Waals surface area (Å²) in [6, 6.07) is 0. The Morgan fingerprint density at radius 1 is 1.67 bits per heavy atom. The van der Waals surface area contributed by atoms with Crippen LogP contribution in [0.5, 0.6) is 0 Å². The molecule has 38 valence electrons. The van der Waals surface area contributed by atoms with Gasteiger partial charge in [-0.25, -0.2) is 0 Å². The van der Waals surface area contributed by atoms with Crippen LogP contribution in [-0.4, -0.2) is 11.3 Å². The fraction of sp³-hybridized carbons (Fsp3) is 0. The van der Waals surface area contributed by atoms with Crippen LogP contribution in [0.4, 0.5) is 4.79 Å². The van der Waals surface area contributed by atoms with Crippen molar-refractivity contribution in [1.82, 2.24) is 6.15 Å². The summed E-state index contributed by atoms with van der Waals surface area (Å²) in [6.07, 6.45) is -2.08. The van der Waals surface area contributed by atoms with Gasteiger partial charge in [0, 0.05) is 29.2 Å². The number of hydrogen-bond donors (Lipinski definition) is 2. The van der Waals surface area contributed by atoms with Gasteiger partial charge in [0.2, 0.25) is 6.16 Å². The molecule has 0 aliphatic carbocycles. The summed E-state index contributed by atoms with van der Waals surface area (Å²) in [7, 11) is 0. The van der Waals surface area contributed by atoms with Gasteiger partial charge in [0.05, 0.1) is 0 Å². The Morgan fingerprint density at radius 3 is 1.67 bits per heavy atom. The topological polar surface area (TPSA) is 96.9 Å². The minimum Gasteiger partial charge on any atom is -0.565 e. The van der Waals surface area contributed by atoms with Gasteiger partial charge in [0.1, 0.15) is 0 Å². The van der Waals surface area contributed by atoms with Crippen LogP contribution in [0.2, 0.25) is 0 Å². The smallest absolute Gasteiger partial charge is 0.249 e. The summed E-state index contributed by atoms with van der Waals surface area (Å²) >= 11 is 0. The van der Waals surface area contributed by atoms with Crippen LogP contribution in [-0.2, 0) is 0 Å². The molecular formula is CH5NO3Pu. The zero-order chi connectivity index (χ0) is 3.58. The second-order valence-electron chi connectivity index (χ2n) is 0.266. The van der Waals surface area contributed by atoms with Crippen LogP contribution in [0.3, 0.4) is 0 Å². The van der Waals surface area contributed by atoms with E-state index in [1.165, 1.54) is 0 Å². The summed E-state index contributed by atoms with van der Waals surface area (Å²) < 4.78 is 0. The fourth-order valence-corrected chi connectivity index (χ4v) is 0. The molecule has 0 saturated carbocycles. The Kier molecular flexibility index (Phi) is 24.4. The first-order chi connectivity index (χ1) is 1.73. The molecule has 6 heavy (non-hydrogen) atoms. The number of quaternary nitrogens is 1. The Morgan fingerprint density at radius 2 is 1.67 bits per heavy atom. The number of rotatable bonds is 0. The molecule has 0 rings (SSSR count). The molecule has 0 aromatic heterocycles. The van der Waals surface area contributed by atoms with Crippen LogP contribution in [0.1, 0.15) is 0 Å². The van der Waals surface area contributed by atoms with E-state index < -0.39 is 6.16 Å². The van der Waals surface area contributed by atoms with Crippen molar-refractivity contribution in [2.24, 2.45) is 0 Å². The van der Waals surface area contributed by atoms with Gasteiger partial charge in [0.15, 0.2) is 0 Å². The summed E-state index contributed by atoms with van der Waals surface area (Å²) in [5, 5.41) is 15.3. The van der Waals surface area contributed by atoms with Crippen molar-refractivity contribution in [3.8, 4) is 0 Å². The first-order valence-electron chi connectivity index (χ1n) is 0.632. The number of hydrogen-bond acceptors (Lipinski definition) is 2. The Balaban J connectivity index is -0.0000000450. The predicted molar refractivity (Wildman–Crippen MR) is 14.0 cm³/mol. The fourth-order valence-electron chi connectivity index (χ4n) is 0. The first-order valence-corrected chi connectivity index (χ1v) is 0.632. The average molecular weight is 323 g/mol. The van der Waals surface area contributed by atoms with Gasteiger partial charge in [0.25, 0.3) is 0 Å². The summed E-state index contributed by atoms with van der Waals surface area (Å²) in [6.45, 7) is 0. The average Bonchev–Trinajstić information content (AvgIpc) is 0.811. The first kappa shape index (κ1) is 16.4. The van der Waals surface area contributed by atoms with E-state index in [4.69, 9.17) is 15.0 Å². The molecule has 0 bridgehead atoms.